The Balaban J connectivity index is 2.02. The summed E-state index contributed by atoms with van der Waals surface area (Å²) >= 11 is 1.57. The summed E-state index contributed by atoms with van der Waals surface area (Å²) < 4.78 is 18.2. The molecule has 0 aliphatic carbocycles. The molecule has 0 aliphatic rings. The molecule has 0 spiro atoms. The molecule has 3 aromatic rings. The van der Waals surface area contributed by atoms with Gasteiger partial charge in [-0.05, 0) is 54.1 Å². The molecule has 0 unspecified atom stereocenters. The molecule has 0 radical (unpaired) electrons. The number of benzene rings is 2. The fraction of sp³-hybridized carbons (Fsp3) is 0.0625. The van der Waals surface area contributed by atoms with Crippen LogP contribution in [0.1, 0.15) is 0 Å². The highest BCUT2D eigenvalue weighted by atomic mass is 32.1. The SMILES string of the molecule is COc1ccc(-c2scnc2-c2ccc(F)cc2)cc1. The van der Waals surface area contributed by atoms with E-state index in [1.54, 1.807) is 36.1 Å². The van der Waals surface area contributed by atoms with Crippen LogP contribution >= 0.6 is 11.3 Å². The van der Waals surface area contributed by atoms with Gasteiger partial charge in [-0.25, -0.2) is 9.37 Å². The van der Waals surface area contributed by atoms with Crippen molar-refractivity contribution in [1.82, 2.24) is 4.98 Å². The summed E-state index contributed by atoms with van der Waals surface area (Å²) in [5, 5.41) is 0. The number of rotatable bonds is 3. The van der Waals surface area contributed by atoms with Gasteiger partial charge in [0.25, 0.3) is 0 Å². The van der Waals surface area contributed by atoms with Crippen LogP contribution in [0, 0.1) is 5.82 Å². The molecule has 0 fully saturated rings. The van der Waals surface area contributed by atoms with Crippen molar-refractivity contribution in [1.29, 1.82) is 0 Å². The summed E-state index contributed by atoms with van der Waals surface area (Å²) in [6.45, 7) is 0. The first-order valence-corrected chi connectivity index (χ1v) is 7.00. The van der Waals surface area contributed by atoms with Crippen LogP contribution in [0.5, 0.6) is 5.75 Å². The minimum absolute atomic E-state index is 0.241. The molecule has 0 amide bonds. The van der Waals surface area contributed by atoms with E-state index in [0.717, 1.165) is 27.4 Å². The average molecular weight is 285 g/mol. The summed E-state index contributed by atoms with van der Waals surface area (Å²) in [6.07, 6.45) is 0. The Morgan fingerprint density at radius 3 is 2.25 bits per heavy atom. The Hall–Kier alpha value is -2.20. The van der Waals surface area contributed by atoms with Gasteiger partial charge >= 0.3 is 0 Å². The Bertz CT molecular complexity index is 704. The van der Waals surface area contributed by atoms with Crippen molar-refractivity contribution < 1.29 is 9.13 Å². The molecule has 2 aromatic carbocycles. The number of ether oxygens (including phenoxy) is 1. The zero-order chi connectivity index (χ0) is 13.9. The summed E-state index contributed by atoms with van der Waals surface area (Å²) in [5.74, 6) is 0.580. The lowest BCUT2D eigenvalue weighted by atomic mass is 10.1. The Morgan fingerprint density at radius 1 is 0.950 bits per heavy atom. The highest BCUT2D eigenvalue weighted by Gasteiger charge is 2.11. The van der Waals surface area contributed by atoms with Gasteiger partial charge in [-0.3, -0.25) is 0 Å². The molecule has 0 saturated heterocycles. The third kappa shape index (κ3) is 2.42. The molecule has 20 heavy (non-hydrogen) atoms. The summed E-state index contributed by atoms with van der Waals surface area (Å²) in [5.41, 5.74) is 4.67. The predicted octanol–water partition coefficient (Wildman–Crippen LogP) is 4.62. The molecule has 100 valence electrons. The second-order valence-electron chi connectivity index (χ2n) is 4.27. The van der Waals surface area contributed by atoms with Gasteiger partial charge in [0.05, 0.1) is 23.2 Å². The fourth-order valence-electron chi connectivity index (χ4n) is 2.01. The third-order valence-electron chi connectivity index (χ3n) is 3.04. The first-order valence-electron chi connectivity index (χ1n) is 6.12. The smallest absolute Gasteiger partial charge is 0.123 e. The number of hydrogen-bond donors (Lipinski definition) is 0. The van der Waals surface area contributed by atoms with E-state index < -0.39 is 0 Å². The molecule has 0 N–H and O–H groups in total. The molecular formula is C16H12FNOS. The number of thiazole rings is 1. The summed E-state index contributed by atoms with van der Waals surface area (Å²) in [4.78, 5) is 5.47. The lowest BCUT2D eigenvalue weighted by molar-refractivity contribution is 0.415. The van der Waals surface area contributed by atoms with E-state index in [4.69, 9.17) is 4.74 Å². The number of hydrogen-bond acceptors (Lipinski definition) is 3. The maximum Gasteiger partial charge on any atom is 0.123 e. The number of methoxy groups -OCH3 is 1. The quantitative estimate of drug-likeness (QED) is 0.700. The van der Waals surface area contributed by atoms with E-state index in [1.807, 2.05) is 24.3 Å². The molecule has 0 bridgehead atoms. The maximum absolute atomic E-state index is 13.0. The van der Waals surface area contributed by atoms with Crippen LogP contribution in [-0.4, -0.2) is 12.1 Å². The van der Waals surface area contributed by atoms with E-state index in [1.165, 1.54) is 12.1 Å². The van der Waals surface area contributed by atoms with E-state index >= 15 is 0 Å². The molecule has 0 saturated carbocycles. The van der Waals surface area contributed by atoms with Crippen molar-refractivity contribution in [2.45, 2.75) is 0 Å². The fourth-order valence-corrected chi connectivity index (χ4v) is 2.82. The van der Waals surface area contributed by atoms with Gasteiger partial charge in [-0.1, -0.05) is 0 Å². The van der Waals surface area contributed by atoms with Gasteiger partial charge < -0.3 is 4.74 Å². The molecule has 2 nitrogen and oxygen atoms in total. The lowest BCUT2D eigenvalue weighted by Gasteiger charge is -2.04. The minimum atomic E-state index is -0.241. The van der Waals surface area contributed by atoms with Crippen LogP contribution in [0.2, 0.25) is 0 Å². The molecule has 1 aromatic heterocycles. The minimum Gasteiger partial charge on any atom is -0.497 e. The monoisotopic (exact) mass is 285 g/mol. The zero-order valence-corrected chi connectivity index (χ0v) is 11.7. The second kappa shape index (κ2) is 5.43. The van der Waals surface area contributed by atoms with Crippen LogP contribution in [0.4, 0.5) is 4.39 Å². The van der Waals surface area contributed by atoms with Gasteiger partial charge in [0.1, 0.15) is 11.6 Å². The van der Waals surface area contributed by atoms with E-state index in [9.17, 15) is 4.39 Å². The van der Waals surface area contributed by atoms with Gasteiger partial charge in [-0.15, -0.1) is 11.3 Å². The van der Waals surface area contributed by atoms with Crippen molar-refractivity contribution in [2.75, 3.05) is 7.11 Å². The van der Waals surface area contributed by atoms with E-state index in [2.05, 4.69) is 4.98 Å². The van der Waals surface area contributed by atoms with Crippen LogP contribution < -0.4 is 4.74 Å². The van der Waals surface area contributed by atoms with Crippen LogP contribution in [0.25, 0.3) is 21.7 Å². The van der Waals surface area contributed by atoms with Gasteiger partial charge in [0, 0.05) is 5.56 Å². The van der Waals surface area contributed by atoms with Crippen molar-refractivity contribution in [2.24, 2.45) is 0 Å². The topological polar surface area (TPSA) is 22.1 Å². The number of nitrogens with zero attached hydrogens (tertiary/aromatic N) is 1. The maximum atomic E-state index is 13.0. The normalized spacial score (nSPS) is 10.5. The largest absolute Gasteiger partial charge is 0.497 e. The van der Waals surface area contributed by atoms with E-state index in [0.29, 0.717) is 0 Å². The molecular weight excluding hydrogens is 273 g/mol. The molecule has 1 heterocycles. The highest BCUT2D eigenvalue weighted by molar-refractivity contribution is 7.13. The molecule has 4 heteroatoms. The molecule has 0 atom stereocenters. The Kier molecular flexibility index (Phi) is 3.48. The molecule has 0 aliphatic heterocycles. The van der Waals surface area contributed by atoms with Gasteiger partial charge in [0.15, 0.2) is 0 Å². The van der Waals surface area contributed by atoms with Crippen molar-refractivity contribution in [3.8, 4) is 27.4 Å². The summed E-state index contributed by atoms with van der Waals surface area (Å²) in [7, 11) is 1.64. The van der Waals surface area contributed by atoms with Crippen molar-refractivity contribution in [3.63, 3.8) is 0 Å². The number of halogens is 1. The average Bonchev–Trinajstić information content (AvgIpc) is 2.97. The van der Waals surface area contributed by atoms with Gasteiger partial charge in [0.2, 0.25) is 0 Å². The zero-order valence-electron chi connectivity index (χ0n) is 10.8. The highest BCUT2D eigenvalue weighted by Crippen LogP contribution is 2.35. The number of aromatic nitrogens is 1. The second-order valence-corrected chi connectivity index (χ2v) is 5.12. The van der Waals surface area contributed by atoms with Crippen LogP contribution in [0.3, 0.4) is 0 Å². The molecule has 3 rings (SSSR count). The van der Waals surface area contributed by atoms with E-state index in [-0.39, 0.29) is 5.82 Å². The third-order valence-corrected chi connectivity index (χ3v) is 3.91. The van der Waals surface area contributed by atoms with Crippen LogP contribution in [0.15, 0.2) is 54.0 Å². The lowest BCUT2D eigenvalue weighted by Crippen LogP contribution is -1.84. The Labute approximate surface area is 120 Å². The Morgan fingerprint density at radius 2 is 1.60 bits per heavy atom. The standard InChI is InChI=1S/C16H12FNOS/c1-19-14-8-4-12(5-9-14)16-15(18-10-20-16)11-2-6-13(17)7-3-11/h2-10H,1H3. The van der Waals surface area contributed by atoms with Crippen molar-refractivity contribution in [3.05, 3.63) is 59.9 Å². The summed E-state index contributed by atoms with van der Waals surface area (Å²) in [6, 6.07) is 14.2. The predicted molar refractivity (Wildman–Crippen MR) is 79.5 cm³/mol. The first-order chi connectivity index (χ1) is 9.78. The van der Waals surface area contributed by atoms with Crippen LogP contribution in [-0.2, 0) is 0 Å². The van der Waals surface area contributed by atoms with Crippen molar-refractivity contribution >= 4 is 11.3 Å². The van der Waals surface area contributed by atoms with Gasteiger partial charge in [-0.2, -0.15) is 0 Å². The first kappa shape index (κ1) is 12.8.